The van der Waals surface area contributed by atoms with Crippen molar-refractivity contribution in [2.24, 2.45) is 5.73 Å². The maximum absolute atomic E-state index is 6.65. The number of nitrogens with zero attached hydrogens (tertiary/aromatic N) is 1. The zero-order valence-corrected chi connectivity index (χ0v) is 11.8. The Balaban J connectivity index is 1.87. The fourth-order valence-electron chi connectivity index (χ4n) is 3.62. The van der Waals surface area contributed by atoms with Gasteiger partial charge in [-0.3, -0.25) is 4.98 Å². The minimum absolute atomic E-state index is 0.150. The highest BCUT2D eigenvalue weighted by atomic mass is 14.7. The van der Waals surface area contributed by atoms with Gasteiger partial charge < -0.3 is 5.73 Å². The molecule has 1 fully saturated rings. The summed E-state index contributed by atoms with van der Waals surface area (Å²) in [5.41, 5.74) is 9.45. The fraction of sp³-hybridized carbons (Fsp3) is 0.389. The lowest BCUT2D eigenvalue weighted by Gasteiger charge is -2.36. The second kappa shape index (κ2) is 5.76. The molecule has 1 aliphatic carbocycles. The van der Waals surface area contributed by atoms with Crippen molar-refractivity contribution in [3.05, 3.63) is 66.0 Å². The number of pyridine rings is 1. The monoisotopic (exact) mass is 266 g/mol. The Bertz CT molecular complexity index is 530. The highest BCUT2D eigenvalue weighted by molar-refractivity contribution is 5.30. The van der Waals surface area contributed by atoms with E-state index in [-0.39, 0.29) is 11.5 Å². The lowest BCUT2D eigenvalue weighted by molar-refractivity contribution is 0.347. The van der Waals surface area contributed by atoms with Gasteiger partial charge in [0.1, 0.15) is 0 Å². The van der Waals surface area contributed by atoms with Crippen molar-refractivity contribution in [1.82, 2.24) is 4.98 Å². The lowest BCUT2D eigenvalue weighted by Crippen LogP contribution is -2.45. The highest BCUT2D eigenvalue weighted by Crippen LogP contribution is 2.43. The number of hydrogen-bond acceptors (Lipinski definition) is 2. The molecule has 0 radical (unpaired) electrons. The maximum Gasteiger partial charge on any atom is 0.0300 e. The van der Waals surface area contributed by atoms with Crippen molar-refractivity contribution in [3.63, 3.8) is 0 Å². The number of benzene rings is 1. The van der Waals surface area contributed by atoms with Gasteiger partial charge in [0.15, 0.2) is 0 Å². The predicted octanol–water partition coefficient (Wildman–Crippen LogP) is 3.46. The van der Waals surface area contributed by atoms with Gasteiger partial charge in [-0.1, -0.05) is 49.2 Å². The standard InChI is InChI=1S/C18H22N2/c19-17(13-15-7-6-12-20-14-15)18(10-4-5-11-18)16-8-2-1-3-9-16/h1-3,6-9,12,14,17H,4-5,10-11,13,19H2. The summed E-state index contributed by atoms with van der Waals surface area (Å²) in [5.74, 6) is 0. The third-order valence-electron chi connectivity index (χ3n) is 4.73. The van der Waals surface area contributed by atoms with Crippen LogP contribution in [-0.2, 0) is 11.8 Å². The summed E-state index contributed by atoms with van der Waals surface area (Å²) in [6, 6.07) is 15.1. The van der Waals surface area contributed by atoms with Crippen LogP contribution in [0.2, 0.25) is 0 Å². The van der Waals surface area contributed by atoms with Crippen LogP contribution in [0.4, 0.5) is 0 Å². The molecule has 2 nitrogen and oxygen atoms in total. The molecule has 2 heteroatoms. The molecule has 1 aliphatic rings. The second-order valence-corrected chi connectivity index (χ2v) is 5.90. The Hall–Kier alpha value is -1.67. The summed E-state index contributed by atoms with van der Waals surface area (Å²) in [7, 11) is 0. The van der Waals surface area contributed by atoms with Gasteiger partial charge >= 0.3 is 0 Å². The van der Waals surface area contributed by atoms with E-state index in [4.69, 9.17) is 5.73 Å². The molecule has 1 atom stereocenters. The Morgan fingerprint density at radius 2 is 1.80 bits per heavy atom. The van der Waals surface area contributed by atoms with E-state index in [1.54, 1.807) is 0 Å². The zero-order valence-electron chi connectivity index (χ0n) is 11.8. The predicted molar refractivity (Wildman–Crippen MR) is 82.5 cm³/mol. The molecule has 1 heterocycles. The SMILES string of the molecule is NC(Cc1cccnc1)C1(c2ccccc2)CCCC1. The molecule has 1 aromatic heterocycles. The first-order valence-electron chi connectivity index (χ1n) is 7.51. The largest absolute Gasteiger partial charge is 0.327 e. The number of rotatable bonds is 4. The smallest absolute Gasteiger partial charge is 0.0300 e. The van der Waals surface area contributed by atoms with Crippen LogP contribution in [0.5, 0.6) is 0 Å². The van der Waals surface area contributed by atoms with Crippen molar-refractivity contribution in [3.8, 4) is 0 Å². The Morgan fingerprint density at radius 1 is 1.05 bits per heavy atom. The van der Waals surface area contributed by atoms with Crippen molar-refractivity contribution in [2.45, 2.75) is 43.6 Å². The van der Waals surface area contributed by atoms with Gasteiger partial charge in [-0.2, -0.15) is 0 Å². The minimum atomic E-state index is 0.150. The molecule has 2 N–H and O–H groups in total. The van der Waals surface area contributed by atoms with Gasteiger partial charge in [0.25, 0.3) is 0 Å². The van der Waals surface area contributed by atoms with Crippen LogP contribution in [-0.4, -0.2) is 11.0 Å². The quantitative estimate of drug-likeness (QED) is 0.920. The van der Waals surface area contributed by atoms with Gasteiger partial charge in [-0.05, 0) is 36.5 Å². The third-order valence-corrected chi connectivity index (χ3v) is 4.73. The van der Waals surface area contributed by atoms with Crippen molar-refractivity contribution in [2.75, 3.05) is 0 Å². The Morgan fingerprint density at radius 3 is 2.45 bits per heavy atom. The molecular formula is C18H22N2. The van der Waals surface area contributed by atoms with E-state index in [9.17, 15) is 0 Å². The van der Waals surface area contributed by atoms with Gasteiger partial charge in [0.2, 0.25) is 0 Å². The minimum Gasteiger partial charge on any atom is -0.327 e. The topological polar surface area (TPSA) is 38.9 Å². The third kappa shape index (κ3) is 2.48. The molecule has 2 aromatic rings. The number of nitrogens with two attached hydrogens (primary N) is 1. The molecule has 0 aliphatic heterocycles. The lowest BCUT2D eigenvalue weighted by atomic mass is 9.71. The summed E-state index contributed by atoms with van der Waals surface area (Å²) in [5, 5.41) is 0. The highest BCUT2D eigenvalue weighted by Gasteiger charge is 2.40. The van der Waals surface area contributed by atoms with E-state index in [1.165, 1.54) is 36.8 Å². The van der Waals surface area contributed by atoms with Gasteiger partial charge in [-0.25, -0.2) is 0 Å². The van der Waals surface area contributed by atoms with Gasteiger partial charge in [0, 0.05) is 23.9 Å². The average molecular weight is 266 g/mol. The molecular weight excluding hydrogens is 244 g/mol. The summed E-state index contributed by atoms with van der Waals surface area (Å²) in [4.78, 5) is 4.20. The van der Waals surface area contributed by atoms with Crippen molar-refractivity contribution < 1.29 is 0 Å². The van der Waals surface area contributed by atoms with Crippen molar-refractivity contribution in [1.29, 1.82) is 0 Å². The average Bonchev–Trinajstić information content (AvgIpc) is 3.00. The number of hydrogen-bond donors (Lipinski definition) is 1. The number of aromatic nitrogens is 1. The maximum atomic E-state index is 6.65. The fourth-order valence-corrected chi connectivity index (χ4v) is 3.62. The molecule has 1 unspecified atom stereocenters. The first-order valence-corrected chi connectivity index (χ1v) is 7.51. The molecule has 104 valence electrons. The van der Waals surface area contributed by atoms with E-state index >= 15 is 0 Å². The molecule has 1 aromatic carbocycles. The summed E-state index contributed by atoms with van der Waals surface area (Å²) < 4.78 is 0. The van der Waals surface area contributed by atoms with Crippen LogP contribution >= 0.6 is 0 Å². The van der Waals surface area contributed by atoms with Crippen LogP contribution < -0.4 is 5.73 Å². The van der Waals surface area contributed by atoms with Gasteiger partial charge in [0.05, 0.1) is 0 Å². The van der Waals surface area contributed by atoms with E-state index in [1.807, 2.05) is 18.5 Å². The van der Waals surface area contributed by atoms with Crippen LogP contribution in [0, 0.1) is 0 Å². The van der Waals surface area contributed by atoms with Crippen LogP contribution in [0.1, 0.15) is 36.8 Å². The van der Waals surface area contributed by atoms with Crippen molar-refractivity contribution >= 4 is 0 Å². The molecule has 3 rings (SSSR count). The second-order valence-electron chi connectivity index (χ2n) is 5.90. The van der Waals surface area contributed by atoms with Crippen LogP contribution in [0.15, 0.2) is 54.9 Å². The van der Waals surface area contributed by atoms with Crippen LogP contribution in [0.25, 0.3) is 0 Å². The van der Waals surface area contributed by atoms with Gasteiger partial charge in [-0.15, -0.1) is 0 Å². The van der Waals surface area contributed by atoms with E-state index in [0.717, 1.165) is 6.42 Å². The molecule has 0 amide bonds. The first kappa shape index (κ1) is 13.3. The molecule has 1 saturated carbocycles. The molecule has 0 bridgehead atoms. The summed E-state index contributed by atoms with van der Waals surface area (Å²) in [6.07, 6.45) is 9.65. The normalized spacial score (nSPS) is 18.9. The molecule has 0 spiro atoms. The first-order chi connectivity index (χ1) is 9.81. The van der Waals surface area contributed by atoms with E-state index in [0.29, 0.717) is 0 Å². The van der Waals surface area contributed by atoms with E-state index in [2.05, 4.69) is 41.4 Å². The van der Waals surface area contributed by atoms with Crippen LogP contribution in [0.3, 0.4) is 0 Å². The Kier molecular flexibility index (Phi) is 3.83. The zero-order chi connectivity index (χ0) is 13.8. The summed E-state index contributed by atoms with van der Waals surface area (Å²) in [6.45, 7) is 0. The van der Waals surface area contributed by atoms with E-state index < -0.39 is 0 Å². The molecule has 0 saturated heterocycles. The summed E-state index contributed by atoms with van der Waals surface area (Å²) >= 11 is 0. The Labute approximate surface area is 121 Å². The molecule has 20 heavy (non-hydrogen) atoms.